The number of methoxy groups -OCH3 is 1. The molecule has 1 saturated carbocycles. The fourth-order valence-electron chi connectivity index (χ4n) is 4.21. The number of hydrogen-bond donors (Lipinski definition) is 0. The molecule has 1 aliphatic heterocycles. The van der Waals surface area contributed by atoms with E-state index in [1.165, 1.54) is 70.3 Å². The third kappa shape index (κ3) is 4.57. The highest BCUT2D eigenvalue weighted by Gasteiger charge is 2.24. The lowest BCUT2D eigenvalue weighted by molar-refractivity contribution is 0.169. The van der Waals surface area contributed by atoms with Crippen molar-refractivity contribution in [2.45, 2.75) is 83.2 Å². The van der Waals surface area contributed by atoms with Crippen molar-refractivity contribution in [3.8, 4) is 0 Å². The average molecular weight is 335 g/mol. The summed E-state index contributed by atoms with van der Waals surface area (Å²) in [5, 5.41) is 4.88. The topological polar surface area (TPSA) is 43.2 Å². The quantitative estimate of drug-likeness (QED) is 0.766. The summed E-state index contributed by atoms with van der Waals surface area (Å²) in [5.41, 5.74) is 0. The van der Waals surface area contributed by atoms with Gasteiger partial charge in [0.05, 0.1) is 12.6 Å². The van der Waals surface area contributed by atoms with Gasteiger partial charge < -0.3 is 9.64 Å². The van der Waals surface area contributed by atoms with Crippen molar-refractivity contribution in [2.24, 2.45) is 0 Å². The molecule has 2 heterocycles. The van der Waals surface area contributed by atoms with Crippen LogP contribution in [0.15, 0.2) is 0 Å². The van der Waals surface area contributed by atoms with Crippen LogP contribution in [0.25, 0.3) is 0 Å². The first-order chi connectivity index (χ1) is 11.8. The molecule has 0 radical (unpaired) electrons. The maximum Gasteiger partial charge on any atom is 0.153 e. The Morgan fingerprint density at radius 2 is 1.79 bits per heavy atom. The molecule has 5 nitrogen and oxygen atoms in total. The molecule has 1 aliphatic carbocycles. The first kappa shape index (κ1) is 17.9. The van der Waals surface area contributed by atoms with Crippen LogP contribution in [0.2, 0.25) is 0 Å². The SMILES string of the molecule is COCCc1nc(CC(C)N2CCCCC2)n(C2CCCCC2)n1. The fraction of sp³-hybridized carbons (Fsp3) is 0.895. The Bertz CT molecular complexity index is 490. The van der Waals surface area contributed by atoms with Gasteiger partial charge in [0.15, 0.2) is 5.82 Å². The summed E-state index contributed by atoms with van der Waals surface area (Å²) >= 11 is 0. The second-order valence-electron chi connectivity index (χ2n) is 7.57. The monoisotopic (exact) mass is 334 g/mol. The smallest absolute Gasteiger partial charge is 0.153 e. The van der Waals surface area contributed by atoms with Crippen molar-refractivity contribution in [3.05, 3.63) is 11.6 Å². The number of piperidine rings is 1. The maximum absolute atomic E-state index is 5.22. The summed E-state index contributed by atoms with van der Waals surface area (Å²) in [4.78, 5) is 7.54. The van der Waals surface area contributed by atoms with Gasteiger partial charge in [-0.05, 0) is 45.7 Å². The summed E-state index contributed by atoms with van der Waals surface area (Å²) in [7, 11) is 1.75. The van der Waals surface area contributed by atoms with Crippen molar-refractivity contribution in [2.75, 3.05) is 26.8 Å². The Kier molecular flexibility index (Phi) is 6.67. The van der Waals surface area contributed by atoms with E-state index in [1.807, 2.05) is 0 Å². The second-order valence-corrected chi connectivity index (χ2v) is 7.57. The maximum atomic E-state index is 5.22. The number of likely N-dealkylation sites (tertiary alicyclic amines) is 1. The lowest BCUT2D eigenvalue weighted by Crippen LogP contribution is -2.39. The zero-order valence-corrected chi connectivity index (χ0v) is 15.5. The van der Waals surface area contributed by atoms with E-state index < -0.39 is 0 Å². The van der Waals surface area contributed by atoms with Crippen molar-refractivity contribution in [3.63, 3.8) is 0 Å². The van der Waals surface area contributed by atoms with Crippen LogP contribution in [-0.4, -0.2) is 52.5 Å². The summed E-state index contributed by atoms with van der Waals surface area (Å²) in [6, 6.07) is 1.12. The Morgan fingerprint density at radius 1 is 1.08 bits per heavy atom. The summed E-state index contributed by atoms with van der Waals surface area (Å²) in [6.45, 7) is 5.56. The minimum absolute atomic E-state index is 0.561. The lowest BCUT2D eigenvalue weighted by Gasteiger charge is -2.32. The van der Waals surface area contributed by atoms with Gasteiger partial charge in [-0.25, -0.2) is 9.67 Å². The van der Waals surface area contributed by atoms with Crippen molar-refractivity contribution in [1.29, 1.82) is 0 Å². The third-order valence-electron chi connectivity index (χ3n) is 5.69. The standard InChI is InChI=1S/C19H34N4O/c1-16(22-12-7-4-8-13-22)15-19-20-18(11-14-24-2)21-23(19)17-9-5-3-6-10-17/h16-17H,3-15H2,1-2H3. The summed E-state index contributed by atoms with van der Waals surface area (Å²) in [6.07, 6.45) is 12.5. The highest BCUT2D eigenvalue weighted by Crippen LogP contribution is 2.29. The number of hydrogen-bond acceptors (Lipinski definition) is 4. The average Bonchev–Trinajstić information content (AvgIpc) is 3.04. The minimum Gasteiger partial charge on any atom is -0.384 e. The largest absolute Gasteiger partial charge is 0.384 e. The predicted molar refractivity (Wildman–Crippen MR) is 96.3 cm³/mol. The van der Waals surface area contributed by atoms with E-state index in [2.05, 4.69) is 16.5 Å². The van der Waals surface area contributed by atoms with Crippen LogP contribution in [0.4, 0.5) is 0 Å². The van der Waals surface area contributed by atoms with Gasteiger partial charge in [-0.3, -0.25) is 0 Å². The van der Waals surface area contributed by atoms with Crippen LogP contribution in [0.5, 0.6) is 0 Å². The molecule has 0 N–H and O–H groups in total. The molecule has 0 spiro atoms. The third-order valence-corrected chi connectivity index (χ3v) is 5.69. The lowest BCUT2D eigenvalue weighted by atomic mass is 9.95. The number of aromatic nitrogens is 3. The van der Waals surface area contributed by atoms with Gasteiger partial charge in [-0.1, -0.05) is 25.7 Å². The van der Waals surface area contributed by atoms with E-state index in [1.54, 1.807) is 7.11 Å². The van der Waals surface area contributed by atoms with Crippen LogP contribution in [0.1, 0.15) is 76.0 Å². The van der Waals surface area contributed by atoms with Crippen molar-refractivity contribution < 1.29 is 4.74 Å². The molecule has 136 valence electrons. The van der Waals surface area contributed by atoms with Crippen LogP contribution in [0.3, 0.4) is 0 Å². The molecule has 24 heavy (non-hydrogen) atoms. The Morgan fingerprint density at radius 3 is 2.50 bits per heavy atom. The molecular weight excluding hydrogens is 300 g/mol. The van der Waals surface area contributed by atoms with Crippen LogP contribution >= 0.6 is 0 Å². The van der Waals surface area contributed by atoms with E-state index in [0.717, 1.165) is 18.7 Å². The molecule has 0 amide bonds. The van der Waals surface area contributed by atoms with Gasteiger partial charge in [-0.2, -0.15) is 5.10 Å². The molecule has 1 aromatic heterocycles. The molecule has 3 rings (SSSR count). The highest BCUT2D eigenvalue weighted by molar-refractivity contribution is 4.99. The Hall–Kier alpha value is -0.940. The van der Waals surface area contributed by atoms with Crippen molar-refractivity contribution >= 4 is 0 Å². The normalized spacial score (nSPS) is 21.9. The molecule has 0 bridgehead atoms. The zero-order valence-electron chi connectivity index (χ0n) is 15.5. The molecular formula is C19H34N4O. The molecule has 2 fully saturated rings. The van der Waals surface area contributed by atoms with Gasteiger partial charge in [0.1, 0.15) is 5.82 Å². The molecule has 2 aliphatic rings. The first-order valence-corrected chi connectivity index (χ1v) is 9.95. The Balaban J connectivity index is 1.71. The molecule has 5 heteroatoms. The second kappa shape index (κ2) is 8.95. The van der Waals surface area contributed by atoms with E-state index in [0.29, 0.717) is 18.7 Å². The van der Waals surface area contributed by atoms with Gasteiger partial charge in [-0.15, -0.1) is 0 Å². The van der Waals surface area contributed by atoms with E-state index >= 15 is 0 Å². The highest BCUT2D eigenvalue weighted by atomic mass is 16.5. The Labute approximate surface area is 146 Å². The molecule has 1 unspecified atom stereocenters. The van der Waals surface area contributed by atoms with E-state index in [4.69, 9.17) is 14.8 Å². The summed E-state index contributed by atoms with van der Waals surface area (Å²) in [5.74, 6) is 2.16. The predicted octanol–water partition coefficient (Wildman–Crippen LogP) is 3.39. The molecule has 1 saturated heterocycles. The number of nitrogens with zero attached hydrogens (tertiary/aromatic N) is 4. The van der Waals surface area contributed by atoms with Crippen LogP contribution in [-0.2, 0) is 17.6 Å². The molecule has 0 aromatic carbocycles. The van der Waals surface area contributed by atoms with Crippen molar-refractivity contribution in [1.82, 2.24) is 19.7 Å². The van der Waals surface area contributed by atoms with Gasteiger partial charge in [0.2, 0.25) is 0 Å². The number of ether oxygens (including phenoxy) is 1. The molecule has 1 atom stereocenters. The summed E-state index contributed by atoms with van der Waals surface area (Å²) < 4.78 is 7.50. The number of rotatable bonds is 7. The molecule has 1 aromatic rings. The van der Waals surface area contributed by atoms with Gasteiger partial charge in [0, 0.05) is 26.0 Å². The zero-order chi connectivity index (χ0) is 16.8. The first-order valence-electron chi connectivity index (χ1n) is 9.95. The van der Waals surface area contributed by atoms with Crippen LogP contribution in [0, 0.1) is 0 Å². The van der Waals surface area contributed by atoms with E-state index in [-0.39, 0.29) is 0 Å². The van der Waals surface area contributed by atoms with E-state index in [9.17, 15) is 0 Å². The minimum atomic E-state index is 0.561. The fourth-order valence-corrected chi connectivity index (χ4v) is 4.21. The van der Waals surface area contributed by atoms with Gasteiger partial charge in [0.25, 0.3) is 0 Å². The van der Waals surface area contributed by atoms with Gasteiger partial charge >= 0.3 is 0 Å². The van der Waals surface area contributed by atoms with Crippen LogP contribution < -0.4 is 0 Å².